The van der Waals surface area contributed by atoms with Crippen molar-refractivity contribution in [3.63, 3.8) is 0 Å². The molecule has 0 radical (unpaired) electrons. The average molecular weight is 359 g/mol. The number of pyridine rings is 1. The molecule has 2 amide bonds. The van der Waals surface area contributed by atoms with Crippen LogP contribution in [0.15, 0.2) is 42.6 Å². The number of amides is 2. The topological polar surface area (TPSA) is 65.5 Å². The molecule has 1 aromatic heterocycles. The molecule has 1 N–H and O–H groups in total. The fourth-order valence-electron chi connectivity index (χ4n) is 2.68. The Morgan fingerprint density at radius 3 is 2.20 bits per heavy atom. The standard InChI is InChI=1S/C18H19ClN4O2/c1-13(24)22-8-10-23(11-9-22)18(25)14-2-7-17(20-12-14)21-16-5-3-15(19)4-6-16/h2-7,12H,8-11H2,1H3,(H,20,21). The molecule has 0 atom stereocenters. The van der Waals surface area contributed by atoms with Gasteiger partial charge in [-0.1, -0.05) is 11.6 Å². The van der Waals surface area contributed by atoms with Gasteiger partial charge in [-0.15, -0.1) is 0 Å². The number of rotatable bonds is 3. The zero-order valence-electron chi connectivity index (χ0n) is 13.9. The van der Waals surface area contributed by atoms with Crippen LogP contribution in [-0.4, -0.2) is 52.8 Å². The van der Waals surface area contributed by atoms with E-state index >= 15 is 0 Å². The largest absolute Gasteiger partial charge is 0.340 e. The molecule has 0 saturated carbocycles. The van der Waals surface area contributed by atoms with Gasteiger partial charge in [0.25, 0.3) is 5.91 Å². The molecule has 25 heavy (non-hydrogen) atoms. The molecule has 130 valence electrons. The number of halogens is 1. The Balaban J connectivity index is 1.61. The lowest BCUT2D eigenvalue weighted by molar-refractivity contribution is -0.130. The minimum absolute atomic E-state index is 0.0476. The summed E-state index contributed by atoms with van der Waals surface area (Å²) in [7, 11) is 0. The molecule has 1 saturated heterocycles. The molecule has 0 unspecified atom stereocenters. The van der Waals surface area contributed by atoms with Crippen molar-refractivity contribution >= 4 is 34.9 Å². The molecule has 0 aliphatic carbocycles. The number of carbonyl (C=O) groups excluding carboxylic acids is 2. The maximum Gasteiger partial charge on any atom is 0.255 e. The predicted molar refractivity (Wildman–Crippen MR) is 97.1 cm³/mol. The van der Waals surface area contributed by atoms with Crippen LogP contribution in [0.2, 0.25) is 5.02 Å². The molecule has 6 nitrogen and oxygen atoms in total. The molecular formula is C18H19ClN4O2. The second kappa shape index (κ2) is 7.53. The van der Waals surface area contributed by atoms with Gasteiger partial charge < -0.3 is 15.1 Å². The number of hydrogen-bond donors (Lipinski definition) is 1. The number of nitrogens with zero attached hydrogens (tertiary/aromatic N) is 3. The summed E-state index contributed by atoms with van der Waals surface area (Å²) >= 11 is 5.86. The quantitative estimate of drug-likeness (QED) is 0.916. The van der Waals surface area contributed by atoms with Gasteiger partial charge in [-0.3, -0.25) is 9.59 Å². The summed E-state index contributed by atoms with van der Waals surface area (Å²) in [6, 6.07) is 10.8. The number of piperazine rings is 1. The lowest BCUT2D eigenvalue weighted by Gasteiger charge is -2.34. The van der Waals surface area contributed by atoms with Crippen LogP contribution in [-0.2, 0) is 4.79 Å². The second-order valence-corrected chi connectivity index (χ2v) is 6.30. The third-order valence-corrected chi connectivity index (χ3v) is 4.39. The Kier molecular flexibility index (Phi) is 5.19. The van der Waals surface area contributed by atoms with Crippen molar-refractivity contribution in [2.45, 2.75) is 6.92 Å². The zero-order chi connectivity index (χ0) is 17.8. The number of hydrogen-bond acceptors (Lipinski definition) is 4. The molecule has 0 bridgehead atoms. The highest BCUT2D eigenvalue weighted by Gasteiger charge is 2.23. The van der Waals surface area contributed by atoms with Gasteiger partial charge in [-0.05, 0) is 36.4 Å². The van der Waals surface area contributed by atoms with Crippen LogP contribution >= 0.6 is 11.6 Å². The lowest BCUT2D eigenvalue weighted by Crippen LogP contribution is -2.50. The Labute approximate surface area is 151 Å². The molecule has 2 heterocycles. The van der Waals surface area contributed by atoms with Crippen LogP contribution in [0.3, 0.4) is 0 Å². The van der Waals surface area contributed by atoms with E-state index in [0.29, 0.717) is 42.6 Å². The van der Waals surface area contributed by atoms with E-state index in [9.17, 15) is 9.59 Å². The Bertz CT molecular complexity index is 754. The molecule has 1 aromatic carbocycles. The molecule has 1 aliphatic rings. The van der Waals surface area contributed by atoms with Gasteiger partial charge in [0.05, 0.1) is 5.56 Å². The fraction of sp³-hybridized carbons (Fsp3) is 0.278. The summed E-state index contributed by atoms with van der Waals surface area (Å²) in [5.41, 5.74) is 1.41. The summed E-state index contributed by atoms with van der Waals surface area (Å²) < 4.78 is 0. The van der Waals surface area contributed by atoms with E-state index in [2.05, 4.69) is 10.3 Å². The first-order valence-corrected chi connectivity index (χ1v) is 8.44. The first kappa shape index (κ1) is 17.2. The van der Waals surface area contributed by atoms with E-state index < -0.39 is 0 Å². The maximum atomic E-state index is 12.5. The summed E-state index contributed by atoms with van der Waals surface area (Å²) in [4.78, 5) is 31.7. The first-order chi connectivity index (χ1) is 12.0. The molecule has 1 aliphatic heterocycles. The number of anilines is 2. The summed E-state index contributed by atoms with van der Waals surface area (Å²) in [5, 5.41) is 3.83. The van der Waals surface area contributed by atoms with Gasteiger partial charge in [0.15, 0.2) is 0 Å². The van der Waals surface area contributed by atoms with E-state index in [1.165, 1.54) is 0 Å². The Morgan fingerprint density at radius 2 is 1.64 bits per heavy atom. The average Bonchev–Trinajstić information content (AvgIpc) is 2.64. The van der Waals surface area contributed by atoms with Crippen molar-refractivity contribution < 1.29 is 9.59 Å². The van der Waals surface area contributed by atoms with Crippen LogP contribution < -0.4 is 5.32 Å². The monoisotopic (exact) mass is 358 g/mol. The molecule has 3 rings (SSSR count). The number of nitrogens with one attached hydrogen (secondary N) is 1. The highest BCUT2D eigenvalue weighted by Crippen LogP contribution is 2.18. The van der Waals surface area contributed by atoms with Gasteiger partial charge in [-0.2, -0.15) is 0 Å². The minimum Gasteiger partial charge on any atom is -0.340 e. The van der Waals surface area contributed by atoms with Crippen LogP contribution in [0.4, 0.5) is 11.5 Å². The smallest absolute Gasteiger partial charge is 0.255 e. The normalized spacial score (nSPS) is 14.3. The van der Waals surface area contributed by atoms with Gasteiger partial charge >= 0.3 is 0 Å². The van der Waals surface area contributed by atoms with E-state index in [-0.39, 0.29) is 11.8 Å². The van der Waals surface area contributed by atoms with E-state index in [1.54, 1.807) is 47.2 Å². The molecule has 0 spiro atoms. The first-order valence-electron chi connectivity index (χ1n) is 8.06. The third kappa shape index (κ3) is 4.28. The summed E-state index contributed by atoms with van der Waals surface area (Å²) in [5.74, 6) is 0.639. The molecule has 1 fully saturated rings. The number of carbonyl (C=O) groups is 2. The third-order valence-electron chi connectivity index (χ3n) is 4.14. The molecule has 7 heteroatoms. The van der Waals surface area contributed by atoms with Crippen molar-refractivity contribution in [3.05, 3.63) is 53.2 Å². The van der Waals surface area contributed by atoms with Gasteiger partial charge in [0, 0.05) is 50.0 Å². The second-order valence-electron chi connectivity index (χ2n) is 5.86. The van der Waals surface area contributed by atoms with Crippen molar-refractivity contribution in [1.82, 2.24) is 14.8 Å². The van der Waals surface area contributed by atoms with Gasteiger partial charge in [-0.25, -0.2) is 4.98 Å². The Hall–Kier alpha value is -2.60. The van der Waals surface area contributed by atoms with Crippen molar-refractivity contribution in [1.29, 1.82) is 0 Å². The maximum absolute atomic E-state index is 12.5. The van der Waals surface area contributed by atoms with Crippen LogP contribution in [0, 0.1) is 0 Å². The van der Waals surface area contributed by atoms with E-state index in [1.807, 2.05) is 12.1 Å². The SMILES string of the molecule is CC(=O)N1CCN(C(=O)c2ccc(Nc3ccc(Cl)cc3)nc2)CC1. The highest BCUT2D eigenvalue weighted by atomic mass is 35.5. The fourth-order valence-corrected chi connectivity index (χ4v) is 2.81. The lowest BCUT2D eigenvalue weighted by atomic mass is 10.2. The summed E-state index contributed by atoms with van der Waals surface area (Å²) in [6.45, 7) is 3.79. The predicted octanol–water partition coefficient (Wildman–Crippen LogP) is 2.78. The molecule has 2 aromatic rings. The molecular weight excluding hydrogens is 340 g/mol. The van der Waals surface area contributed by atoms with Crippen molar-refractivity contribution in [2.75, 3.05) is 31.5 Å². The van der Waals surface area contributed by atoms with Gasteiger partial charge in [0.2, 0.25) is 5.91 Å². The van der Waals surface area contributed by atoms with E-state index in [4.69, 9.17) is 11.6 Å². The van der Waals surface area contributed by atoms with Crippen LogP contribution in [0.25, 0.3) is 0 Å². The Morgan fingerprint density at radius 1 is 1.00 bits per heavy atom. The number of benzene rings is 1. The van der Waals surface area contributed by atoms with Crippen LogP contribution in [0.5, 0.6) is 0 Å². The highest BCUT2D eigenvalue weighted by molar-refractivity contribution is 6.30. The van der Waals surface area contributed by atoms with E-state index in [0.717, 1.165) is 5.69 Å². The zero-order valence-corrected chi connectivity index (χ0v) is 14.7. The van der Waals surface area contributed by atoms with Crippen LogP contribution in [0.1, 0.15) is 17.3 Å². The minimum atomic E-state index is -0.0613. The van der Waals surface area contributed by atoms with Gasteiger partial charge in [0.1, 0.15) is 5.82 Å². The summed E-state index contributed by atoms with van der Waals surface area (Å²) in [6.07, 6.45) is 1.57. The number of aromatic nitrogens is 1. The van der Waals surface area contributed by atoms with Crippen molar-refractivity contribution in [3.8, 4) is 0 Å². The van der Waals surface area contributed by atoms with Crippen molar-refractivity contribution in [2.24, 2.45) is 0 Å².